The lowest BCUT2D eigenvalue weighted by atomic mass is 9.94. The molecule has 2 aromatic heterocycles. The summed E-state index contributed by atoms with van der Waals surface area (Å²) in [5.74, 6) is -0.276. The van der Waals surface area contributed by atoms with E-state index in [2.05, 4.69) is 195 Å². The highest BCUT2D eigenvalue weighted by Crippen LogP contribution is 2.42. The summed E-state index contributed by atoms with van der Waals surface area (Å²) in [4.78, 5) is 4.55. The molecule has 66 heavy (non-hydrogen) atoms. The van der Waals surface area contributed by atoms with Gasteiger partial charge >= 0.3 is 0 Å². The fraction of sp³-hybridized carbons (Fsp3) is 0.0667. The lowest BCUT2D eigenvalue weighted by Gasteiger charge is -2.35. The van der Waals surface area contributed by atoms with E-state index in [-0.39, 0.29) is 11.9 Å². The molecular weight excluding hydrogens is 815 g/mol. The molecule has 0 saturated heterocycles. The first-order valence-electron chi connectivity index (χ1n) is 22.6. The Morgan fingerprint density at radius 2 is 0.955 bits per heavy atom. The summed E-state index contributed by atoms with van der Waals surface area (Å²) in [6, 6.07) is 66.7. The molecule has 0 radical (unpaired) electrons. The van der Waals surface area contributed by atoms with Crippen molar-refractivity contribution >= 4 is 71.9 Å². The van der Waals surface area contributed by atoms with E-state index in [1.54, 1.807) is 6.08 Å². The maximum Gasteiger partial charge on any atom is 0.123 e. The third-order valence-electron chi connectivity index (χ3n) is 13.1. The first-order valence-corrected chi connectivity index (χ1v) is 22.6. The van der Waals surface area contributed by atoms with Gasteiger partial charge in [-0.2, -0.15) is 0 Å². The molecule has 0 saturated carbocycles. The SMILES string of the molecule is Fc1ccc(N(c2ccc(C3=CCC(N(C4=CCC(F)C=C4)c4ccc5c(c4)c4ccccc4n5-c4ccccc4)C=C3)cc2)c2ccc3c(c2)c2ccccc2n3-c2ccccc2)cc1. The molecule has 12 rings (SSSR count). The van der Waals surface area contributed by atoms with Gasteiger partial charge in [0.2, 0.25) is 0 Å². The Morgan fingerprint density at radius 1 is 0.439 bits per heavy atom. The Balaban J connectivity index is 0.877. The van der Waals surface area contributed by atoms with Crippen molar-refractivity contribution in [1.82, 2.24) is 9.13 Å². The molecule has 0 bridgehead atoms. The summed E-state index contributed by atoms with van der Waals surface area (Å²) < 4.78 is 33.5. The van der Waals surface area contributed by atoms with E-state index in [9.17, 15) is 8.78 Å². The number of nitrogens with zero attached hydrogens (tertiary/aromatic N) is 4. The molecule has 2 atom stereocenters. The number of hydrogen-bond acceptors (Lipinski definition) is 2. The van der Waals surface area contributed by atoms with Crippen molar-refractivity contribution in [2.45, 2.75) is 25.1 Å². The van der Waals surface area contributed by atoms with Gasteiger partial charge in [0, 0.05) is 67.8 Å². The molecule has 2 heterocycles. The molecule has 8 aromatic carbocycles. The van der Waals surface area contributed by atoms with E-state index < -0.39 is 6.17 Å². The number of aromatic nitrogens is 2. The fourth-order valence-electron chi connectivity index (χ4n) is 10.1. The summed E-state index contributed by atoms with van der Waals surface area (Å²) in [6.07, 6.45) is 12.6. The zero-order valence-corrected chi connectivity index (χ0v) is 36.1. The monoisotopic (exact) mass is 858 g/mol. The Hall–Kier alpha value is -8.22. The molecule has 2 aliphatic carbocycles. The quantitative estimate of drug-likeness (QED) is 0.144. The Kier molecular flexibility index (Phi) is 9.79. The molecule has 0 aliphatic heterocycles. The molecule has 0 N–H and O–H groups in total. The smallest absolute Gasteiger partial charge is 0.123 e. The fourth-order valence-corrected chi connectivity index (χ4v) is 10.1. The highest BCUT2D eigenvalue weighted by molar-refractivity contribution is 6.11. The van der Waals surface area contributed by atoms with E-state index in [1.165, 1.54) is 28.3 Å². The number of allylic oxidation sites excluding steroid dienone is 5. The largest absolute Gasteiger partial charge is 0.334 e. The van der Waals surface area contributed by atoms with Crippen LogP contribution in [0, 0.1) is 5.82 Å². The number of alkyl halides is 1. The average Bonchev–Trinajstić information content (AvgIpc) is 3.89. The van der Waals surface area contributed by atoms with Crippen molar-refractivity contribution in [2.75, 3.05) is 9.80 Å². The standard InChI is InChI=1S/C60H44F2N4/c61-43-23-31-49(32-24-43)63(51-35-37-59-55(39-51)53-15-7-9-17-57(53)65(59)45-11-3-1-4-12-45)47-27-19-41(20-28-47)42-21-29-48(30-22-42)64(50-33-25-44(62)26-34-50)52-36-38-60-56(40-52)54-16-8-10-18-58(54)66(60)46-13-5-2-6-14-46/h1-25,27-29,31-40,44,48H,26,30H2. The predicted molar refractivity (Wildman–Crippen MR) is 271 cm³/mol. The van der Waals surface area contributed by atoms with E-state index in [0.717, 1.165) is 84.8 Å². The van der Waals surface area contributed by atoms with Crippen molar-refractivity contribution in [1.29, 1.82) is 0 Å². The molecular formula is C60H44F2N4. The van der Waals surface area contributed by atoms with E-state index in [0.29, 0.717) is 6.42 Å². The normalized spacial score (nSPS) is 16.0. The Morgan fingerprint density at radius 3 is 1.52 bits per heavy atom. The topological polar surface area (TPSA) is 16.3 Å². The highest BCUT2D eigenvalue weighted by Gasteiger charge is 2.25. The van der Waals surface area contributed by atoms with Gasteiger partial charge in [-0.15, -0.1) is 0 Å². The van der Waals surface area contributed by atoms with Crippen LogP contribution in [0.25, 0.3) is 60.6 Å². The van der Waals surface area contributed by atoms with Crippen molar-refractivity contribution in [2.24, 2.45) is 0 Å². The van der Waals surface area contributed by atoms with Crippen molar-refractivity contribution in [3.05, 3.63) is 248 Å². The number of para-hydroxylation sites is 4. The molecule has 2 unspecified atom stereocenters. The van der Waals surface area contributed by atoms with Crippen LogP contribution in [0.1, 0.15) is 18.4 Å². The average molecular weight is 859 g/mol. The van der Waals surface area contributed by atoms with Crippen LogP contribution in [0.3, 0.4) is 0 Å². The van der Waals surface area contributed by atoms with E-state index in [4.69, 9.17) is 0 Å². The van der Waals surface area contributed by atoms with Crippen LogP contribution < -0.4 is 9.80 Å². The maximum atomic E-state index is 14.5. The molecule has 318 valence electrons. The van der Waals surface area contributed by atoms with Crippen molar-refractivity contribution in [3.8, 4) is 11.4 Å². The van der Waals surface area contributed by atoms with Crippen LogP contribution in [0.5, 0.6) is 0 Å². The van der Waals surface area contributed by atoms with Gasteiger partial charge < -0.3 is 18.9 Å². The minimum Gasteiger partial charge on any atom is -0.334 e. The highest BCUT2D eigenvalue weighted by atomic mass is 19.1. The van der Waals surface area contributed by atoms with Gasteiger partial charge in [-0.1, -0.05) is 109 Å². The third-order valence-corrected chi connectivity index (χ3v) is 13.1. The summed E-state index contributed by atoms with van der Waals surface area (Å²) in [5.41, 5.74) is 13.9. The first-order chi connectivity index (χ1) is 32.6. The number of benzene rings is 8. The molecule has 0 fully saturated rings. The van der Waals surface area contributed by atoms with Crippen LogP contribution in [-0.2, 0) is 0 Å². The number of halogens is 2. The minimum atomic E-state index is -0.985. The van der Waals surface area contributed by atoms with Gasteiger partial charge in [0.15, 0.2) is 0 Å². The lowest BCUT2D eigenvalue weighted by molar-refractivity contribution is 0.400. The summed E-state index contributed by atoms with van der Waals surface area (Å²) in [7, 11) is 0. The summed E-state index contributed by atoms with van der Waals surface area (Å²) >= 11 is 0. The lowest BCUT2D eigenvalue weighted by Crippen LogP contribution is -2.34. The summed E-state index contributed by atoms with van der Waals surface area (Å²) in [5, 5.41) is 4.67. The molecule has 0 spiro atoms. The van der Waals surface area contributed by atoms with Crippen LogP contribution in [0.15, 0.2) is 236 Å². The van der Waals surface area contributed by atoms with Gasteiger partial charge in [0.05, 0.1) is 28.1 Å². The number of rotatable bonds is 9. The van der Waals surface area contributed by atoms with Crippen LogP contribution >= 0.6 is 0 Å². The first kappa shape index (κ1) is 39.4. The van der Waals surface area contributed by atoms with Gasteiger partial charge in [0.25, 0.3) is 0 Å². The van der Waals surface area contributed by atoms with Gasteiger partial charge in [0.1, 0.15) is 12.0 Å². The molecule has 2 aliphatic rings. The van der Waals surface area contributed by atoms with Crippen molar-refractivity contribution < 1.29 is 8.78 Å². The zero-order valence-electron chi connectivity index (χ0n) is 36.1. The van der Waals surface area contributed by atoms with Crippen LogP contribution in [-0.4, -0.2) is 21.3 Å². The minimum absolute atomic E-state index is 0.0109. The van der Waals surface area contributed by atoms with E-state index in [1.807, 2.05) is 36.4 Å². The molecule has 0 amide bonds. The number of fused-ring (bicyclic) bond motifs is 6. The summed E-state index contributed by atoms with van der Waals surface area (Å²) in [6.45, 7) is 0. The Labute approximate surface area is 382 Å². The van der Waals surface area contributed by atoms with Crippen molar-refractivity contribution in [3.63, 3.8) is 0 Å². The second-order valence-electron chi connectivity index (χ2n) is 17.1. The van der Waals surface area contributed by atoms with Crippen LogP contribution in [0.4, 0.5) is 31.5 Å². The number of anilines is 4. The van der Waals surface area contributed by atoms with E-state index >= 15 is 0 Å². The van der Waals surface area contributed by atoms with Gasteiger partial charge in [-0.05, 0) is 139 Å². The molecule has 6 heteroatoms. The molecule has 4 nitrogen and oxygen atoms in total. The van der Waals surface area contributed by atoms with Gasteiger partial charge in [-0.3, -0.25) is 0 Å². The Bertz CT molecular complexity index is 3560. The zero-order chi connectivity index (χ0) is 44.1. The van der Waals surface area contributed by atoms with Gasteiger partial charge in [-0.25, -0.2) is 8.78 Å². The second kappa shape index (κ2) is 16.4. The van der Waals surface area contributed by atoms with Crippen LogP contribution in [0.2, 0.25) is 0 Å². The maximum absolute atomic E-state index is 14.5. The predicted octanol–water partition coefficient (Wildman–Crippen LogP) is 15.9. The number of hydrogen-bond donors (Lipinski definition) is 0. The second-order valence-corrected chi connectivity index (χ2v) is 17.1. The third kappa shape index (κ3) is 6.90. The molecule has 10 aromatic rings.